The van der Waals surface area contributed by atoms with E-state index in [0.717, 1.165) is 12.8 Å². The fourth-order valence-corrected chi connectivity index (χ4v) is 3.65. The van der Waals surface area contributed by atoms with Gasteiger partial charge in [-0.1, -0.05) is 23.2 Å². The Morgan fingerprint density at radius 3 is 2.59 bits per heavy atom. The minimum absolute atomic E-state index is 0.0529. The Balaban J connectivity index is 1.95. The zero-order chi connectivity index (χ0) is 19.9. The number of hydrogen-bond acceptors (Lipinski definition) is 4. The first-order valence-corrected chi connectivity index (χ1v) is 9.66. The average molecular weight is 412 g/mol. The number of halogens is 2. The van der Waals surface area contributed by atoms with Crippen LogP contribution in [0.5, 0.6) is 0 Å². The van der Waals surface area contributed by atoms with Crippen molar-refractivity contribution in [3.05, 3.63) is 38.4 Å². The molecule has 3 rings (SSSR count). The van der Waals surface area contributed by atoms with E-state index < -0.39 is 5.60 Å². The van der Waals surface area contributed by atoms with Crippen molar-refractivity contribution < 1.29 is 9.53 Å². The Labute approximate surface area is 168 Å². The van der Waals surface area contributed by atoms with Gasteiger partial charge in [0.15, 0.2) is 0 Å². The number of hydrogen-bond donors (Lipinski definition) is 0. The van der Waals surface area contributed by atoms with E-state index in [1.165, 1.54) is 4.57 Å². The van der Waals surface area contributed by atoms with Crippen LogP contribution in [0.3, 0.4) is 0 Å². The van der Waals surface area contributed by atoms with Crippen LogP contribution in [-0.4, -0.2) is 39.2 Å². The molecule has 6 nitrogen and oxygen atoms in total. The summed E-state index contributed by atoms with van der Waals surface area (Å²) in [7, 11) is 1.69. The van der Waals surface area contributed by atoms with Gasteiger partial charge in [0, 0.05) is 26.1 Å². The third kappa shape index (κ3) is 4.22. The van der Waals surface area contributed by atoms with Crippen LogP contribution in [0.25, 0.3) is 10.9 Å². The quantitative estimate of drug-likeness (QED) is 0.699. The number of amides is 1. The van der Waals surface area contributed by atoms with Gasteiger partial charge in [-0.15, -0.1) is 0 Å². The minimum atomic E-state index is -0.548. The molecule has 1 aliphatic rings. The predicted octanol–water partition coefficient (Wildman–Crippen LogP) is 4.35. The molecule has 146 valence electrons. The van der Waals surface area contributed by atoms with Gasteiger partial charge >= 0.3 is 6.09 Å². The van der Waals surface area contributed by atoms with Gasteiger partial charge < -0.3 is 9.64 Å². The summed E-state index contributed by atoms with van der Waals surface area (Å²) in [4.78, 5) is 31.5. The average Bonchev–Trinajstić information content (AvgIpc) is 2.58. The lowest BCUT2D eigenvalue weighted by Gasteiger charge is -2.34. The summed E-state index contributed by atoms with van der Waals surface area (Å²) < 4.78 is 7.02. The van der Waals surface area contributed by atoms with E-state index in [0.29, 0.717) is 39.9 Å². The van der Waals surface area contributed by atoms with E-state index in [4.69, 9.17) is 27.9 Å². The molecule has 1 amide bonds. The van der Waals surface area contributed by atoms with Crippen molar-refractivity contribution in [2.75, 3.05) is 13.1 Å². The molecule has 1 atom stereocenters. The van der Waals surface area contributed by atoms with E-state index in [9.17, 15) is 9.59 Å². The first-order chi connectivity index (χ1) is 12.6. The van der Waals surface area contributed by atoms with Crippen LogP contribution >= 0.6 is 23.2 Å². The zero-order valence-corrected chi connectivity index (χ0v) is 17.4. The maximum Gasteiger partial charge on any atom is 0.410 e. The molecule has 0 aliphatic carbocycles. The Bertz CT molecular complexity index is 950. The maximum absolute atomic E-state index is 12.8. The molecule has 1 aromatic carbocycles. The largest absolute Gasteiger partial charge is 0.444 e. The third-order valence-corrected chi connectivity index (χ3v) is 5.31. The summed E-state index contributed by atoms with van der Waals surface area (Å²) in [5.74, 6) is 0.585. The molecule has 8 heteroatoms. The van der Waals surface area contributed by atoms with E-state index >= 15 is 0 Å². The van der Waals surface area contributed by atoms with Crippen LogP contribution < -0.4 is 5.56 Å². The monoisotopic (exact) mass is 411 g/mol. The van der Waals surface area contributed by atoms with E-state index in [1.54, 1.807) is 24.1 Å². The molecular formula is C19H23Cl2N3O3. The van der Waals surface area contributed by atoms with Crippen molar-refractivity contribution in [3.63, 3.8) is 0 Å². The highest BCUT2D eigenvalue weighted by atomic mass is 35.5. The number of benzene rings is 1. The van der Waals surface area contributed by atoms with Gasteiger partial charge in [-0.2, -0.15) is 0 Å². The maximum atomic E-state index is 12.8. The molecule has 0 spiro atoms. The Hall–Kier alpha value is -1.79. The van der Waals surface area contributed by atoms with Crippen molar-refractivity contribution in [1.82, 2.24) is 14.5 Å². The van der Waals surface area contributed by atoms with Crippen LogP contribution in [0.2, 0.25) is 10.0 Å². The minimum Gasteiger partial charge on any atom is -0.444 e. The highest BCUT2D eigenvalue weighted by Gasteiger charge is 2.30. The van der Waals surface area contributed by atoms with Crippen LogP contribution in [0.15, 0.2) is 16.9 Å². The van der Waals surface area contributed by atoms with Crippen molar-refractivity contribution in [3.8, 4) is 0 Å². The van der Waals surface area contributed by atoms with E-state index in [2.05, 4.69) is 4.98 Å². The molecule has 27 heavy (non-hydrogen) atoms. The second-order valence-corrected chi connectivity index (χ2v) is 8.70. The van der Waals surface area contributed by atoms with Gasteiger partial charge in [-0.05, 0) is 45.7 Å². The van der Waals surface area contributed by atoms with Gasteiger partial charge in [-0.25, -0.2) is 9.78 Å². The summed E-state index contributed by atoms with van der Waals surface area (Å²) in [6, 6.07) is 3.16. The molecule has 1 fully saturated rings. The molecule has 2 heterocycles. The predicted molar refractivity (Wildman–Crippen MR) is 107 cm³/mol. The molecule has 2 aromatic rings. The SMILES string of the molecule is Cn1c([C@H]2CCCN(C(=O)OC(C)(C)C)C2)nc2cc(Cl)c(Cl)cc2c1=O. The first-order valence-electron chi connectivity index (χ1n) is 8.90. The molecule has 0 saturated carbocycles. The lowest BCUT2D eigenvalue weighted by atomic mass is 9.97. The standard InChI is InChI=1S/C19H23Cl2N3O3/c1-19(2,3)27-18(26)24-7-5-6-11(10-24)16-22-15-9-14(21)13(20)8-12(15)17(25)23(16)4/h8-9,11H,5-7,10H2,1-4H3/t11-/m0/s1. The normalized spacial score (nSPS) is 18.0. The lowest BCUT2D eigenvalue weighted by molar-refractivity contribution is 0.0195. The highest BCUT2D eigenvalue weighted by Crippen LogP contribution is 2.29. The first kappa shape index (κ1) is 20.0. The van der Waals surface area contributed by atoms with E-state index in [-0.39, 0.29) is 17.6 Å². The number of aromatic nitrogens is 2. The van der Waals surface area contributed by atoms with Gasteiger partial charge in [0.1, 0.15) is 11.4 Å². The van der Waals surface area contributed by atoms with Crippen molar-refractivity contribution in [2.45, 2.75) is 45.1 Å². The van der Waals surface area contributed by atoms with E-state index in [1.807, 2.05) is 20.8 Å². The Morgan fingerprint density at radius 1 is 1.26 bits per heavy atom. The summed E-state index contributed by atoms with van der Waals surface area (Å²) >= 11 is 12.1. The fourth-order valence-electron chi connectivity index (χ4n) is 3.33. The molecule has 1 aliphatic heterocycles. The van der Waals surface area contributed by atoms with Crippen molar-refractivity contribution in [1.29, 1.82) is 0 Å². The molecule has 0 unspecified atom stereocenters. The number of rotatable bonds is 1. The molecule has 1 aromatic heterocycles. The topological polar surface area (TPSA) is 64.4 Å². The second-order valence-electron chi connectivity index (χ2n) is 7.88. The summed E-state index contributed by atoms with van der Waals surface area (Å²) in [5, 5.41) is 1.11. The molecule has 0 radical (unpaired) electrons. The number of likely N-dealkylation sites (tertiary alicyclic amines) is 1. The summed E-state index contributed by atoms with van der Waals surface area (Å²) in [6.45, 7) is 6.62. The number of carbonyl (C=O) groups is 1. The molecule has 1 saturated heterocycles. The van der Waals surface area contributed by atoms with Crippen LogP contribution in [0, 0.1) is 0 Å². The highest BCUT2D eigenvalue weighted by molar-refractivity contribution is 6.42. The van der Waals surface area contributed by atoms with Crippen LogP contribution in [-0.2, 0) is 11.8 Å². The fraction of sp³-hybridized carbons (Fsp3) is 0.526. The molecule has 0 N–H and O–H groups in total. The summed E-state index contributed by atoms with van der Waals surface area (Å²) in [5.41, 5.74) is -0.214. The van der Waals surface area contributed by atoms with Gasteiger partial charge in [0.05, 0.1) is 20.9 Å². The van der Waals surface area contributed by atoms with Gasteiger partial charge in [0.25, 0.3) is 5.56 Å². The smallest absolute Gasteiger partial charge is 0.410 e. The Morgan fingerprint density at radius 2 is 1.93 bits per heavy atom. The second kappa shape index (κ2) is 7.32. The number of fused-ring (bicyclic) bond motifs is 1. The van der Waals surface area contributed by atoms with Crippen molar-refractivity contribution in [2.24, 2.45) is 7.05 Å². The molecular weight excluding hydrogens is 389 g/mol. The Kier molecular flexibility index (Phi) is 5.41. The lowest BCUT2D eigenvalue weighted by Crippen LogP contribution is -2.43. The number of piperidine rings is 1. The third-order valence-electron chi connectivity index (χ3n) is 4.59. The van der Waals surface area contributed by atoms with Crippen LogP contribution in [0.4, 0.5) is 4.79 Å². The molecule has 0 bridgehead atoms. The van der Waals surface area contributed by atoms with Gasteiger partial charge in [0.2, 0.25) is 0 Å². The van der Waals surface area contributed by atoms with Crippen LogP contribution in [0.1, 0.15) is 45.4 Å². The number of carbonyl (C=O) groups excluding carboxylic acids is 1. The zero-order valence-electron chi connectivity index (χ0n) is 15.9. The summed E-state index contributed by atoms with van der Waals surface area (Å²) in [6.07, 6.45) is 1.32. The number of nitrogens with zero attached hydrogens (tertiary/aromatic N) is 3. The number of ether oxygens (including phenoxy) is 1. The van der Waals surface area contributed by atoms with Crippen molar-refractivity contribution >= 4 is 40.2 Å². The van der Waals surface area contributed by atoms with Gasteiger partial charge in [-0.3, -0.25) is 9.36 Å².